The Hall–Kier alpha value is -1.95. The Morgan fingerprint density at radius 2 is 1.93 bits per heavy atom. The molecule has 6 nitrogen and oxygen atoms in total. The number of aliphatic hydroxyl groups excluding tert-OH is 2. The minimum Gasteiger partial charge on any atom is -0.504 e. The summed E-state index contributed by atoms with van der Waals surface area (Å²) in [5.41, 5.74) is -1.34. The van der Waals surface area contributed by atoms with Crippen LogP contribution >= 0.6 is 0 Å². The monoisotopic (exact) mass is 404 g/mol. The largest absolute Gasteiger partial charge is 0.504 e. The standard InChI is InChI=1S/C23H32O6/c1-5-6-7-8-9-15(24)21(28)29-20-16-13(12-22(20,2)3)10-11-14-17(25)18(26)19(27)23(14,16)4/h10-11,13,15-16,20,24-25H,5-9,12H2,1-4H3/t13-,15+,16-,20+,23+/m0/s1. The molecule has 0 aromatic carbocycles. The van der Waals surface area contributed by atoms with Gasteiger partial charge in [-0.25, -0.2) is 4.79 Å². The number of hydrogen-bond donors (Lipinski definition) is 2. The SMILES string of the molecule is CCCCCC[C@@H](O)C(=O)O[C@@H]1[C@@H]2[C@@H](C=CC3=C(O)C(=O)C(=O)[C@]32C)CC1(C)C. The van der Waals surface area contributed by atoms with E-state index >= 15 is 0 Å². The molecule has 0 aromatic rings. The number of allylic oxidation sites excluding steroid dienone is 4. The fourth-order valence-electron chi connectivity index (χ4n) is 5.44. The molecule has 0 radical (unpaired) electrons. The summed E-state index contributed by atoms with van der Waals surface area (Å²) in [6.07, 6.45) is 6.59. The Balaban J connectivity index is 1.83. The van der Waals surface area contributed by atoms with Crippen LogP contribution in [0.15, 0.2) is 23.5 Å². The van der Waals surface area contributed by atoms with Crippen LogP contribution in [0.4, 0.5) is 0 Å². The molecular formula is C23H32O6. The van der Waals surface area contributed by atoms with Crippen LogP contribution in [0.5, 0.6) is 0 Å². The zero-order valence-electron chi connectivity index (χ0n) is 17.7. The zero-order valence-corrected chi connectivity index (χ0v) is 17.7. The lowest BCUT2D eigenvalue weighted by atomic mass is 9.63. The second kappa shape index (κ2) is 7.71. The van der Waals surface area contributed by atoms with Crippen molar-refractivity contribution in [1.82, 2.24) is 0 Å². The van der Waals surface area contributed by atoms with E-state index in [0.717, 1.165) is 25.7 Å². The third-order valence-electron chi connectivity index (χ3n) is 7.05. The summed E-state index contributed by atoms with van der Waals surface area (Å²) in [7, 11) is 0. The Morgan fingerprint density at radius 3 is 2.59 bits per heavy atom. The van der Waals surface area contributed by atoms with E-state index in [0.29, 0.717) is 18.4 Å². The predicted octanol–water partition coefficient (Wildman–Crippen LogP) is 3.43. The summed E-state index contributed by atoms with van der Waals surface area (Å²) in [4.78, 5) is 37.6. The van der Waals surface area contributed by atoms with Crippen LogP contribution in [0.3, 0.4) is 0 Å². The molecule has 2 N–H and O–H groups in total. The van der Waals surface area contributed by atoms with E-state index in [1.54, 1.807) is 13.0 Å². The second-order valence-electron chi connectivity index (χ2n) is 9.59. The minimum absolute atomic E-state index is 0.0547. The van der Waals surface area contributed by atoms with Crippen LogP contribution < -0.4 is 0 Å². The average molecular weight is 405 g/mol. The lowest BCUT2D eigenvalue weighted by Gasteiger charge is -2.41. The van der Waals surface area contributed by atoms with Crippen LogP contribution in [0.2, 0.25) is 0 Å². The molecule has 1 fully saturated rings. The smallest absolute Gasteiger partial charge is 0.335 e. The number of unbranched alkanes of at least 4 members (excludes halogenated alkanes) is 3. The summed E-state index contributed by atoms with van der Waals surface area (Å²) in [6, 6.07) is 0. The van der Waals surface area contributed by atoms with Crippen LogP contribution in [0.1, 0.15) is 66.2 Å². The van der Waals surface area contributed by atoms with Gasteiger partial charge in [0.2, 0.25) is 5.78 Å². The minimum atomic E-state index is -1.22. The molecule has 160 valence electrons. The normalized spacial score (nSPS) is 33.6. The van der Waals surface area contributed by atoms with Gasteiger partial charge in [0.25, 0.3) is 5.78 Å². The van der Waals surface area contributed by atoms with Gasteiger partial charge in [-0.3, -0.25) is 9.59 Å². The number of carbonyl (C=O) groups excluding carboxylic acids is 3. The first-order chi connectivity index (χ1) is 13.6. The zero-order chi connectivity index (χ0) is 21.6. The Labute approximate surface area is 172 Å². The van der Waals surface area contributed by atoms with Crippen molar-refractivity contribution in [2.45, 2.75) is 78.4 Å². The average Bonchev–Trinajstić information content (AvgIpc) is 3.02. The highest BCUT2D eigenvalue weighted by Gasteiger charge is 2.65. The van der Waals surface area contributed by atoms with E-state index in [1.807, 2.05) is 19.9 Å². The quantitative estimate of drug-likeness (QED) is 0.383. The van der Waals surface area contributed by atoms with Crippen molar-refractivity contribution in [3.63, 3.8) is 0 Å². The van der Waals surface area contributed by atoms with Crippen LogP contribution in [-0.4, -0.2) is 40.0 Å². The maximum atomic E-state index is 12.8. The van der Waals surface area contributed by atoms with Crippen molar-refractivity contribution in [2.75, 3.05) is 0 Å². The van der Waals surface area contributed by atoms with Crippen molar-refractivity contribution < 1.29 is 29.3 Å². The molecule has 3 aliphatic rings. The first kappa shape index (κ1) is 21.8. The molecule has 5 atom stereocenters. The molecule has 0 unspecified atom stereocenters. The van der Waals surface area contributed by atoms with Gasteiger partial charge in [0.1, 0.15) is 6.10 Å². The third-order valence-corrected chi connectivity index (χ3v) is 7.05. The van der Waals surface area contributed by atoms with E-state index in [-0.39, 0.29) is 5.92 Å². The van der Waals surface area contributed by atoms with E-state index in [2.05, 4.69) is 6.92 Å². The highest BCUT2D eigenvalue weighted by molar-refractivity contribution is 6.48. The summed E-state index contributed by atoms with van der Waals surface area (Å²) in [5, 5.41) is 20.5. The number of hydrogen-bond acceptors (Lipinski definition) is 6. The molecular weight excluding hydrogens is 372 g/mol. The molecule has 0 amide bonds. The van der Waals surface area contributed by atoms with Gasteiger partial charge in [-0.15, -0.1) is 0 Å². The fraction of sp³-hybridized carbons (Fsp3) is 0.696. The summed E-state index contributed by atoms with van der Waals surface area (Å²) >= 11 is 0. The first-order valence-electron chi connectivity index (χ1n) is 10.6. The van der Waals surface area contributed by atoms with Gasteiger partial charge >= 0.3 is 5.97 Å². The molecule has 0 spiro atoms. The van der Waals surface area contributed by atoms with Gasteiger partial charge in [0.05, 0.1) is 5.41 Å². The number of ketones is 2. The highest BCUT2D eigenvalue weighted by Crippen LogP contribution is 2.61. The fourth-order valence-corrected chi connectivity index (χ4v) is 5.44. The number of aliphatic hydroxyl groups is 2. The van der Waals surface area contributed by atoms with E-state index in [9.17, 15) is 24.6 Å². The van der Waals surface area contributed by atoms with E-state index in [4.69, 9.17) is 4.74 Å². The van der Waals surface area contributed by atoms with Crippen molar-refractivity contribution in [1.29, 1.82) is 0 Å². The Bertz CT molecular complexity index is 776. The highest BCUT2D eigenvalue weighted by atomic mass is 16.6. The van der Waals surface area contributed by atoms with Crippen LogP contribution in [0, 0.1) is 22.7 Å². The maximum absolute atomic E-state index is 12.8. The van der Waals surface area contributed by atoms with Gasteiger partial charge in [-0.05, 0) is 25.7 Å². The molecule has 3 aliphatic carbocycles. The number of ether oxygens (including phenoxy) is 1. The molecule has 0 saturated heterocycles. The lowest BCUT2D eigenvalue weighted by Crippen LogP contribution is -2.48. The molecule has 3 rings (SSSR count). The second-order valence-corrected chi connectivity index (χ2v) is 9.59. The molecule has 0 aliphatic heterocycles. The van der Waals surface area contributed by atoms with Gasteiger partial charge in [-0.2, -0.15) is 0 Å². The first-order valence-corrected chi connectivity index (χ1v) is 10.6. The third kappa shape index (κ3) is 3.45. The van der Waals surface area contributed by atoms with Gasteiger partial charge < -0.3 is 14.9 Å². The molecule has 6 heteroatoms. The van der Waals surface area contributed by atoms with Gasteiger partial charge in [0.15, 0.2) is 11.9 Å². The molecule has 0 heterocycles. The Kier molecular flexibility index (Phi) is 5.78. The summed E-state index contributed by atoms with van der Waals surface area (Å²) in [5.74, 6) is -3.21. The van der Waals surface area contributed by atoms with Crippen LogP contribution in [-0.2, 0) is 19.1 Å². The van der Waals surface area contributed by atoms with Gasteiger partial charge in [-0.1, -0.05) is 58.6 Å². The Morgan fingerprint density at radius 1 is 1.24 bits per heavy atom. The van der Waals surface area contributed by atoms with Crippen LogP contribution in [0.25, 0.3) is 0 Å². The number of Topliss-reactive ketones (excluding diaryl/α,β-unsaturated/α-hetero) is 2. The van der Waals surface area contributed by atoms with E-state index < -0.39 is 52.3 Å². The number of fused-ring (bicyclic) bond motifs is 3. The molecule has 0 aromatic heterocycles. The predicted molar refractivity (Wildman–Crippen MR) is 107 cm³/mol. The number of esters is 1. The molecule has 1 saturated carbocycles. The van der Waals surface area contributed by atoms with E-state index in [1.165, 1.54) is 0 Å². The molecule has 0 bridgehead atoms. The summed E-state index contributed by atoms with van der Waals surface area (Å²) in [6.45, 7) is 7.70. The summed E-state index contributed by atoms with van der Waals surface area (Å²) < 4.78 is 5.82. The van der Waals surface area contributed by atoms with Crippen molar-refractivity contribution in [2.24, 2.45) is 22.7 Å². The van der Waals surface area contributed by atoms with Crippen molar-refractivity contribution in [3.8, 4) is 0 Å². The lowest BCUT2D eigenvalue weighted by molar-refractivity contribution is -0.170. The van der Waals surface area contributed by atoms with Crippen molar-refractivity contribution >= 4 is 17.5 Å². The topological polar surface area (TPSA) is 101 Å². The number of carbonyl (C=O) groups is 3. The maximum Gasteiger partial charge on any atom is 0.335 e. The van der Waals surface area contributed by atoms with Gasteiger partial charge in [0, 0.05) is 16.9 Å². The van der Waals surface area contributed by atoms with Crippen molar-refractivity contribution in [3.05, 3.63) is 23.5 Å². The molecule has 29 heavy (non-hydrogen) atoms. The number of rotatable bonds is 7.